The van der Waals surface area contributed by atoms with Crippen LogP contribution in [0.5, 0.6) is 0 Å². The number of thioether (sulfide) groups is 1. The van der Waals surface area contributed by atoms with Gasteiger partial charge >= 0.3 is 0 Å². The monoisotopic (exact) mass is 342 g/mol. The molecule has 0 atom stereocenters. The van der Waals surface area contributed by atoms with Gasteiger partial charge in [0.15, 0.2) is 0 Å². The predicted octanol–water partition coefficient (Wildman–Crippen LogP) is 4.15. The molecule has 0 aliphatic carbocycles. The summed E-state index contributed by atoms with van der Waals surface area (Å²) in [5.74, 6) is 1.12. The molecule has 1 aromatic carbocycles. The Morgan fingerprint density at radius 1 is 1.08 bits per heavy atom. The maximum Gasteiger partial charge on any atom is 0.277 e. The molecule has 8 heteroatoms. The number of rotatable bonds is 5. The molecule has 0 amide bonds. The first-order chi connectivity index (χ1) is 11.8. The summed E-state index contributed by atoms with van der Waals surface area (Å²) in [6, 6.07) is 9.70. The smallest absolute Gasteiger partial charge is 0.277 e. The largest absolute Gasteiger partial charge is 0.444 e. The summed E-state index contributed by atoms with van der Waals surface area (Å²) in [4.78, 5) is 7.38. The van der Waals surface area contributed by atoms with Gasteiger partial charge in [-0.05, 0) is 36.4 Å². The predicted molar refractivity (Wildman–Crippen MR) is 85.5 cm³/mol. The number of hydrogen-bond acceptors (Lipinski definition) is 6. The summed E-state index contributed by atoms with van der Waals surface area (Å²) in [7, 11) is 0. The SMILES string of the molecule is Fc1ccc(-c2nc(CSc3nnc(-c4ccc[nH]4)o3)co2)cc1. The minimum Gasteiger partial charge on any atom is -0.444 e. The van der Waals surface area contributed by atoms with Gasteiger partial charge in [0, 0.05) is 17.5 Å². The lowest BCUT2D eigenvalue weighted by Gasteiger charge is -1.94. The van der Waals surface area contributed by atoms with Crippen LogP contribution in [0.25, 0.3) is 23.0 Å². The molecule has 0 spiro atoms. The number of H-pyrrole nitrogens is 1. The van der Waals surface area contributed by atoms with Crippen LogP contribution in [0.4, 0.5) is 4.39 Å². The first-order valence-corrected chi connectivity index (χ1v) is 8.07. The Labute approximate surface area is 140 Å². The minimum atomic E-state index is -0.296. The van der Waals surface area contributed by atoms with E-state index in [0.29, 0.717) is 22.8 Å². The molecule has 0 saturated heterocycles. The van der Waals surface area contributed by atoms with Crippen molar-refractivity contribution in [3.63, 3.8) is 0 Å². The van der Waals surface area contributed by atoms with Crippen LogP contribution in [0, 0.1) is 5.82 Å². The van der Waals surface area contributed by atoms with Gasteiger partial charge in [0.2, 0.25) is 5.89 Å². The topological polar surface area (TPSA) is 80.7 Å². The molecular weight excluding hydrogens is 331 g/mol. The third-order valence-corrected chi connectivity index (χ3v) is 4.07. The zero-order valence-corrected chi connectivity index (χ0v) is 13.1. The average Bonchev–Trinajstić information content (AvgIpc) is 3.34. The Hall–Kier alpha value is -2.87. The summed E-state index contributed by atoms with van der Waals surface area (Å²) in [5.41, 5.74) is 2.23. The van der Waals surface area contributed by atoms with Gasteiger partial charge in [-0.25, -0.2) is 9.37 Å². The van der Waals surface area contributed by atoms with Gasteiger partial charge in [-0.1, -0.05) is 11.8 Å². The maximum atomic E-state index is 12.9. The van der Waals surface area contributed by atoms with Crippen molar-refractivity contribution in [2.75, 3.05) is 0 Å². The van der Waals surface area contributed by atoms with E-state index in [1.807, 2.05) is 12.1 Å². The molecule has 4 rings (SSSR count). The van der Waals surface area contributed by atoms with Gasteiger partial charge in [-0.15, -0.1) is 10.2 Å². The molecule has 0 aliphatic rings. The Morgan fingerprint density at radius 3 is 2.75 bits per heavy atom. The highest BCUT2D eigenvalue weighted by atomic mass is 32.2. The first kappa shape index (κ1) is 14.7. The summed E-state index contributed by atoms with van der Waals surface area (Å²) in [6.45, 7) is 0. The average molecular weight is 342 g/mol. The van der Waals surface area contributed by atoms with Gasteiger partial charge in [-0.3, -0.25) is 0 Å². The Kier molecular flexibility index (Phi) is 3.87. The van der Waals surface area contributed by atoms with Crippen LogP contribution in [-0.2, 0) is 5.75 Å². The number of nitrogens with zero attached hydrogens (tertiary/aromatic N) is 3. The lowest BCUT2D eigenvalue weighted by atomic mass is 10.2. The van der Waals surface area contributed by atoms with Crippen molar-refractivity contribution in [3.05, 3.63) is 60.4 Å². The maximum absolute atomic E-state index is 12.9. The fourth-order valence-electron chi connectivity index (χ4n) is 2.07. The van der Waals surface area contributed by atoms with Crippen LogP contribution in [0.2, 0.25) is 0 Å². The van der Waals surface area contributed by atoms with Gasteiger partial charge in [-0.2, -0.15) is 0 Å². The molecule has 24 heavy (non-hydrogen) atoms. The number of aromatic nitrogens is 4. The van der Waals surface area contributed by atoms with Crippen molar-refractivity contribution in [2.24, 2.45) is 0 Å². The second kappa shape index (κ2) is 6.32. The third-order valence-electron chi connectivity index (χ3n) is 3.22. The number of hydrogen-bond donors (Lipinski definition) is 1. The lowest BCUT2D eigenvalue weighted by molar-refractivity contribution is 0.464. The Balaban J connectivity index is 1.42. The van der Waals surface area contributed by atoms with Crippen molar-refractivity contribution < 1.29 is 13.2 Å². The fourth-order valence-corrected chi connectivity index (χ4v) is 2.71. The van der Waals surface area contributed by atoms with E-state index in [0.717, 1.165) is 17.0 Å². The van der Waals surface area contributed by atoms with Gasteiger partial charge < -0.3 is 13.8 Å². The van der Waals surface area contributed by atoms with Crippen LogP contribution < -0.4 is 0 Å². The molecule has 0 aliphatic heterocycles. The molecule has 120 valence electrons. The summed E-state index contributed by atoms with van der Waals surface area (Å²) >= 11 is 1.37. The highest BCUT2D eigenvalue weighted by Gasteiger charge is 2.12. The van der Waals surface area contributed by atoms with Crippen LogP contribution in [-0.4, -0.2) is 20.2 Å². The van der Waals surface area contributed by atoms with E-state index >= 15 is 0 Å². The van der Waals surface area contributed by atoms with E-state index < -0.39 is 0 Å². The van der Waals surface area contributed by atoms with Crippen molar-refractivity contribution in [1.82, 2.24) is 20.2 Å². The van der Waals surface area contributed by atoms with Crippen molar-refractivity contribution in [2.45, 2.75) is 11.0 Å². The number of nitrogens with one attached hydrogen (secondary N) is 1. The number of halogens is 1. The normalized spacial score (nSPS) is 11.0. The third kappa shape index (κ3) is 3.09. The van der Waals surface area contributed by atoms with E-state index in [2.05, 4.69) is 20.2 Å². The van der Waals surface area contributed by atoms with E-state index in [4.69, 9.17) is 8.83 Å². The molecule has 0 radical (unpaired) electrons. The number of aromatic amines is 1. The number of oxazole rings is 1. The van der Waals surface area contributed by atoms with Crippen molar-refractivity contribution in [3.8, 4) is 23.0 Å². The molecule has 0 unspecified atom stereocenters. The van der Waals surface area contributed by atoms with Crippen LogP contribution >= 0.6 is 11.8 Å². The lowest BCUT2D eigenvalue weighted by Crippen LogP contribution is -1.83. The van der Waals surface area contributed by atoms with E-state index in [-0.39, 0.29) is 5.82 Å². The minimum absolute atomic E-state index is 0.296. The zero-order chi connectivity index (χ0) is 16.4. The van der Waals surface area contributed by atoms with Crippen LogP contribution in [0.1, 0.15) is 5.69 Å². The Morgan fingerprint density at radius 2 is 1.96 bits per heavy atom. The number of benzene rings is 1. The molecule has 3 aromatic heterocycles. The molecule has 4 aromatic rings. The zero-order valence-electron chi connectivity index (χ0n) is 12.3. The molecule has 0 fully saturated rings. The second-order valence-electron chi connectivity index (χ2n) is 4.90. The van der Waals surface area contributed by atoms with Gasteiger partial charge in [0.05, 0.1) is 5.69 Å². The fraction of sp³-hybridized carbons (Fsp3) is 0.0625. The summed E-state index contributed by atoms with van der Waals surface area (Å²) < 4.78 is 23.9. The van der Waals surface area contributed by atoms with E-state index in [9.17, 15) is 4.39 Å². The molecule has 6 nitrogen and oxygen atoms in total. The molecule has 1 N–H and O–H groups in total. The first-order valence-electron chi connectivity index (χ1n) is 7.08. The van der Waals surface area contributed by atoms with Crippen molar-refractivity contribution in [1.29, 1.82) is 0 Å². The molecule has 3 heterocycles. The molecular formula is C16H11FN4O2S. The van der Waals surface area contributed by atoms with E-state index in [1.165, 1.54) is 23.9 Å². The molecule has 0 bridgehead atoms. The summed E-state index contributed by atoms with van der Waals surface area (Å²) in [5, 5.41) is 8.42. The highest BCUT2D eigenvalue weighted by molar-refractivity contribution is 7.98. The quantitative estimate of drug-likeness (QED) is 0.549. The van der Waals surface area contributed by atoms with Crippen molar-refractivity contribution >= 4 is 11.8 Å². The van der Waals surface area contributed by atoms with Crippen LogP contribution in [0.3, 0.4) is 0 Å². The van der Waals surface area contributed by atoms with E-state index in [1.54, 1.807) is 24.6 Å². The summed E-state index contributed by atoms with van der Waals surface area (Å²) in [6.07, 6.45) is 3.35. The second-order valence-corrected chi connectivity index (χ2v) is 5.82. The van der Waals surface area contributed by atoms with Gasteiger partial charge in [0.25, 0.3) is 11.1 Å². The molecule has 0 saturated carbocycles. The Bertz CT molecular complexity index is 931. The highest BCUT2D eigenvalue weighted by Crippen LogP contribution is 2.26. The van der Waals surface area contributed by atoms with Gasteiger partial charge in [0.1, 0.15) is 17.8 Å². The standard InChI is InChI=1S/C16H11FN4O2S/c17-11-5-3-10(4-6-11)14-19-12(8-22-14)9-24-16-21-20-15(23-16)13-2-1-7-18-13/h1-8,18H,9H2. The van der Waals surface area contributed by atoms with Crippen LogP contribution in [0.15, 0.2) is 62.9 Å².